The van der Waals surface area contributed by atoms with Crippen LogP contribution < -0.4 is 4.74 Å². The van der Waals surface area contributed by atoms with E-state index >= 15 is 0 Å². The molecule has 0 amide bonds. The van der Waals surface area contributed by atoms with Gasteiger partial charge in [0.05, 0.1) is 0 Å². The van der Waals surface area contributed by atoms with Crippen molar-refractivity contribution < 1.29 is 9.84 Å². The molecule has 1 aromatic carbocycles. The lowest BCUT2D eigenvalue weighted by atomic mass is 9.66. The Bertz CT molecular complexity index is 682. The van der Waals surface area contributed by atoms with Crippen LogP contribution in [-0.4, -0.2) is 10.7 Å². The SMILES string of the molecule is CCCCC(C)(C)c1cc(O)c2c(c1)OC(C)(C)[C@@H]1CC=C(C)CC21. The third-order valence-corrected chi connectivity index (χ3v) is 6.44. The molecule has 1 aliphatic heterocycles. The van der Waals surface area contributed by atoms with E-state index in [2.05, 4.69) is 53.7 Å². The second-order valence-corrected chi connectivity index (χ2v) is 9.30. The standard InChI is InChI=1S/C23H34O2/c1-7-8-11-22(3,4)16-13-19(24)21-17-12-15(2)9-10-18(17)23(5,6)25-20(21)14-16/h9,13-14,17-18,24H,7-8,10-12H2,1-6H3/t17?,18-/m1/s1. The van der Waals surface area contributed by atoms with Crippen LogP contribution in [0.25, 0.3) is 0 Å². The van der Waals surface area contributed by atoms with Crippen molar-refractivity contribution in [2.24, 2.45) is 5.92 Å². The summed E-state index contributed by atoms with van der Waals surface area (Å²) in [7, 11) is 0. The van der Waals surface area contributed by atoms with Gasteiger partial charge < -0.3 is 9.84 Å². The van der Waals surface area contributed by atoms with Gasteiger partial charge >= 0.3 is 0 Å². The van der Waals surface area contributed by atoms with Gasteiger partial charge in [0, 0.05) is 17.4 Å². The summed E-state index contributed by atoms with van der Waals surface area (Å²) in [5.74, 6) is 2.11. The largest absolute Gasteiger partial charge is 0.508 e. The van der Waals surface area contributed by atoms with Gasteiger partial charge in [0.25, 0.3) is 0 Å². The molecule has 0 spiro atoms. The van der Waals surface area contributed by atoms with E-state index in [9.17, 15) is 5.11 Å². The highest BCUT2D eigenvalue weighted by molar-refractivity contribution is 5.54. The van der Waals surface area contributed by atoms with Crippen LogP contribution in [0, 0.1) is 5.92 Å². The van der Waals surface area contributed by atoms with Crippen LogP contribution in [0.2, 0.25) is 0 Å². The van der Waals surface area contributed by atoms with Gasteiger partial charge in [0.1, 0.15) is 17.1 Å². The van der Waals surface area contributed by atoms with E-state index in [-0.39, 0.29) is 11.0 Å². The molecule has 0 saturated heterocycles. The van der Waals surface area contributed by atoms with E-state index in [0.717, 1.165) is 30.6 Å². The van der Waals surface area contributed by atoms with Gasteiger partial charge in [0.15, 0.2) is 0 Å². The highest BCUT2D eigenvalue weighted by atomic mass is 16.5. The van der Waals surface area contributed by atoms with E-state index in [1.807, 2.05) is 6.07 Å². The molecule has 2 atom stereocenters. The van der Waals surface area contributed by atoms with Crippen molar-refractivity contribution >= 4 is 0 Å². The Balaban J connectivity index is 2.05. The van der Waals surface area contributed by atoms with Gasteiger partial charge in [0.2, 0.25) is 0 Å². The fourth-order valence-corrected chi connectivity index (χ4v) is 4.72. The lowest BCUT2D eigenvalue weighted by Crippen LogP contribution is -2.45. The van der Waals surface area contributed by atoms with E-state index in [1.165, 1.54) is 24.0 Å². The summed E-state index contributed by atoms with van der Waals surface area (Å²) >= 11 is 0. The molecule has 2 aliphatic rings. The molecule has 0 bridgehead atoms. The predicted octanol–water partition coefficient (Wildman–Crippen LogP) is 6.47. The zero-order chi connectivity index (χ0) is 18.4. The van der Waals surface area contributed by atoms with Gasteiger partial charge in [-0.1, -0.05) is 45.3 Å². The number of benzene rings is 1. The van der Waals surface area contributed by atoms with E-state index in [1.54, 1.807) is 0 Å². The van der Waals surface area contributed by atoms with Gasteiger partial charge in [-0.2, -0.15) is 0 Å². The predicted molar refractivity (Wildman–Crippen MR) is 105 cm³/mol. The number of fused-ring (bicyclic) bond motifs is 3. The third kappa shape index (κ3) is 3.32. The molecule has 2 nitrogen and oxygen atoms in total. The maximum absolute atomic E-state index is 10.9. The van der Waals surface area contributed by atoms with Crippen LogP contribution in [0.15, 0.2) is 23.8 Å². The van der Waals surface area contributed by atoms with Gasteiger partial charge in [-0.05, 0) is 63.1 Å². The van der Waals surface area contributed by atoms with Gasteiger partial charge in [-0.25, -0.2) is 0 Å². The lowest BCUT2D eigenvalue weighted by molar-refractivity contribution is 0.00741. The second kappa shape index (κ2) is 6.37. The summed E-state index contributed by atoms with van der Waals surface area (Å²) in [4.78, 5) is 0. The number of ether oxygens (including phenoxy) is 1. The van der Waals surface area contributed by atoms with Crippen LogP contribution in [0.5, 0.6) is 11.5 Å². The topological polar surface area (TPSA) is 29.5 Å². The van der Waals surface area contributed by atoms with Crippen molar-refractivity contribution in [2.45, 2.75) is 90.6 Å². The molecule has 1 heterocycles. The third-order valence-electron chi connectivity index (χ3n) is 6.44. The van der Waals surface area contributed by atoms with Crippen LogP contribution in [-0.2, 0) is 5.41 Å². The van der Waals surface area contributed by atoms with E-state index in [4.69, 9.17) is 4.74 Å². The number of rotatable bonds is 4. The van der Waals surface area contributed by atoms with Crippen LogP contribution >= 0.6 is 0 Å². The summed E-state index contributed by atoms with van der Waals surface area (Å²) < 4.78 is 6.46. The maximum atomic E-state index is 10.9. The number of unbranched alkanes of at least 4 members (excludes halogenated alkanes) is 1. The molecular weight excluding hydrogens is 308 g/mol. The van der Waals surface area contributed by atoms with E-state index < -0.39 is 0 Å². The molecule has 138 valence electrons. The highest BCUT2D eigenvalue weighted by Crippen LogP contribution is 2.54. The Hall–Kier alpha value is -1.44. The monoisotopic (exact) mass is 342 g/mol. The summed E-state index contributed by atoms with van der Waals surface area (Å²) in [6, 6.07) is 4.21. The zero-order valence-corrected chi connectivity index (χ0v) is 16.8. The smallest absolute Gasteiger partial charge is 0.127 e. The van der Waals surface area contributed by atoms with Crippen LogP contribution in [0.1, 0.15) is 90.7 Å². The summed E-state index contributed by atoms with van der Waals surface area (Å²) in [6.45, 7) is 13.4. The molecule has 1 N–H and O–H groups in total. The van der Waals surface area contributed by atoms with Gasteiger partial charge in [-0.15, -0.1) is 0 Å². The van der Waals surface area contributed by atoms with Crippen molar-refractivity contribution in [1.82, 2.24) is 0 Å². The normalized spacial score (nSPS) is 24.8. The number of allylic oxidation sites excluding steroid dienone is 2. The average molecular weight is 343 g/mol. The number of hydrogen-bond acceptors (Lipinski definition) is 2. The summed E-state index contributed by atoms with van der Waals surface area (Å²) in [5, 5.41) is 10.9. The minimum absolute atomic E-state index is 0.0508. The average Bonchev–Trinajstić information content (AvgIpc) is 2.51. The fourth-order valence-electron chi connectivity index (χ4n) is 4.72. The molecule has 0 aromatic heterocycles. The number of aromatic hydroxyl groups is 1. The molecule has 0 fully saturated rings. The molecule has 3 rings (SSSR count). The lowest BCUT2D eigenvalue weighted by Gasteiger charge is -2.47. The molecule has 25 heavy (non-hydrogen) atoms. The zero-order valence-electron chi connectivity index (χ0n) is 16.8. The minimum Gasteiger partial charge on any atom is -0.508 e. The first kappa shape index (κ1) is 18.4. The summed E-state index contributed by atoms with van der Waals surface area (Å²) in [5.41, 5.74) is 3.50. The van der Waals surface area contributed by atoms with Crippen molar-refractivity contribution in [1.29, 1.82) is 0 Å². The van der Waals surface area contributed by atoms with E-state index in [0.29, 0.717) is 17.6 Å². The Kier molecular flexibility index (Phi) is 4.68. The number of phenols is 1. The molecule has 1 aromatic rings. The van der Waals surface area contributed by atoms with Gasteiger partial charge in [-0.3, -0.25) is 0 Å². The first-order chi connectivity index (χ1) is 11.7. The van der Waals surface area contributed by atoms with Crippen molar-refractivity contribution in [2.75, 3.05) is 0 Å². The van der Waals surface area contributed by atoms with Crippen molar-refractivity contribution in [3.8, 4) is 11.5 Å². The van der Waals surface area contributed by atoms with Crippen LogP contribution in [0.4, 0.5) is 0 Å². The molecule has 1 aliphatic carbocycles. The van der Waals surface area contributed by atoms with Crippen LogP contribution in [0.3, 0.4) is 0 Å². The first-order valence-electron chi connectivity index (χ1n) is 9.87. The van der Waals surface area contributed by atoms with Crippen molar-refractivity contribution in [3.05, 3.63) is 34.9 Å². The fraction of sp³-hybridized carbons (Fsp3) is 0.652. The molecule has 1 unspecified atom stereocenters. The summed E-state index contributed by atoms with van der Waals surface area (Å²) in [6.07, 6.45) is 7.92. The molecule has 0 radical (unpaired) electrons. The maximum Gasteiger partial charge on any atom is 0.127 e. The molecule has 2 heteroatoms. The number of hydrogen-bond donors (Lipinski definition) is 1. The highest BCUT2D eigenvalue weighted by Gasteiger charge is 2.46. The Morgan fingerprint density at radius 1 is 1.28 bits per heavy atom. The quantitative estimate of drug-likeness (QED) is 0.635. The Labute approximate surface area is 153 Å². The Morgan fingerprint density at radius 2 is 2.00 bits per heavy atom. The van der Waals surface area contributed by atoms with Crippen molar-refractivity contribution in [3.63, 3.8) is 0 Å². The Morgan fingerprint density at radius 3 is 2.68 bits per heavy atom. The second-order valence-electron chi connectivity index (χ2n) is 9.30. The molecule has 0 saturated carbocycles. The number of phenolic OH excluding ortho intramolecular Hbond substituents is 1. The minimum atomic E-state index is -0.201. The molecular formula is C23H34O2. The first-order valence-corrected chi connectivity index (χ1v) is 9.87.